The monoisotopic (exact) mass is 429 g/mol. The number of amides is 1. The second kappa shape index (κ2) is 9.87. The van der Waals surface area contributed by atoms with E-state index in [1.54, 1.807) is 29.4 Å². The third-order valence-electron chi connectivity index (χ3n) is 5.36. The molecule has 0 bridgehead atoms. The summed E-state index contributed by atoms with van der Waals surface area (Å²) in [5.41, 5.74) is 4.21. The maximum atomic E-state index is 13.0. The van der Waals surface area contributed by atoms with Gasteiger partial charge in [-0.05, 0) is 35.3 Å². The highest BCUT2D eigenvalue weighted by atomic mass is 16.6. The minimum atomic E-state index is -0.406. The Morgan fingerprint density at radius 2 is 1.75 bits per heavy atom. The molecule has 1 aromatic heterocycles. The number of ether oxygens (including phenoxy) is 2. The van der Waals surface area contributed by atoms with Crippen molar-refractivity contribution >= 4 is 17.6 Å². The molecule has 162 valence electrons. The van der Waals surface area contributed by atoms with E-state index in [-0.39, 0.29) is 12.6 Å². The molecule has 2 heterocycles. The average molecular weight is 429 g/mol. The van der Waals surface area contributed by atoms with Gasteiger partial charge in [0.2, 0.25) is 0 Å². The SMILES string of the molecule is COC(=O)c1ccc([C@@H]2C=C(c3cncnc3)CCN2C(=O)OCc2ccccc2)cc1. The van der Waals surface area contributed by atoms with E-state index in [1.807, 2.05) is 48.5 Å². The second-order valence-corrected chi connectivity index (χ2v) is 7.36. The van der Waals surface area contributed by atoms with Crippen LogP contribution in [0.4, 0.5) is 4.79 Å². The molecule has 4 rings (SSSR count). The van der Waals surface area contributed by atoms with E-state index in [2.05, 4.69) is 9.97 Å². The lowest BCUT2D eigenvalue weighted by Crippen LogP contribution is -2.37. The third-order valence-corrected chi connectivity index (χ3v) is 5.36. The van der Waals surface area contributed by atoms with Crippen molar-refractivity contribution in [2.24, 2.45) is 0 Å². The molecule has 0 saturated carbocycles. The average Bonchev–Trinajstić information content (AvgIpc) is 2.87. The quantitative estimate of drug-likeness (QED) is 0.558. The summed E-state index contributed by atoms with van der Waals surface area (Å²) in [6.07, 6.45) is 7.31. The molecule has 0 fully saturated rings. The van der Waals surface area contributed by atoms with Crippen molar-refractivity contribution in [2.45, 2.75) is 19.1 Å². The predicted octanol–water partition coefficient (Wildman–Crippen LogP) is 4.43. The number of aromatic nitrogens is 2. The van der Waals surface area contributed by atoms with Crippen LogP contribution in [0, 0.1) is 0 Å². The van der Waals surface area contributed by atoms with Gasteiger partial charge in [0.15, 0.2) is 0 Å². The van der Waals surface area contributed by atoms with Gasteiger partial charge in [-0.3, -0.25) is 4.90 Å². The van der Waals surface area contributed by atoms with Crippen molar-refractivity contribution in [3.8, 4) is 0 Å². The molecule has 7 heteroatoms. The van der Waals surface area contributed by atoms with Gasteiger partial charge < -0.3 is 9.47 Å². The Bertz CT molecular complexity index is 1100. The standard InChI is InChI=1S/C25H23N3O4/c1-31-24(29)20-9-7-19(8-10-20)23-13-21(22-14-26-17-27-15-22)11-12-28(23)25(30)32-16-18-5-3-2-4-6-18/h2-10,13-15,17,23H,11-12,16H2,1H3/t23-/m0/s1. The van der Waals surface area contributed by atoms with Crippen LogP contribution in [-0.4, -0.2) is 40.6 Å². The number of hydrogen-bond acceptors (Lipinski definition) is 6. The summed E-state index contributed by atoms with van der Waals surface area (Å²) in [4.78, 5) is 34.7. The van der Waals surface area contributed by atoms with E-state index >= 15 is 0 Å². The largest absolute Gasteiger partial charge is 0.465 e. The van der Waals surface area contributed by atoms with E-state index in [0.717, 1.165) is 22.3 Å². The summed E-state index contributed by atoms with van der Waals surface area (Å²) < 4.78 is 10.4. The summed E-state index contributed by atoms with van der Waals surface area (Å²) in [7, 11) is 1.35. The van der Waals surface area contributed by atoms with Gasteiger partial charge in [-0.25, -0.2) is 19.6 Å². The Morgan fingerprint density at radius 1 is 1.03 bits per heavy atom. The lowest BCUT2D eigenvalue weighted by atomic mass is 9.93. The summed E-state index contributed by atoms with van der Waals surface area (Å²) >= 11 is 0. The highest BCUT2D eigenvalue weighted by Crippen LogP contribution is 2.34. The fourth-order valence-corrected chi connectivity index (χ4v) is 3.67. The molecule has 0 N–H and O–H groups in total. The van der Waals surface area contributed by atoms with Crippen LogP contribution in [-0.2, 0) is 16.1 Å². The van der Waals surface area contributed by atoms with Crippen LogP contribution in [0.25, 0.3) is 5.57 Å². The van der Waals surface area contributed by atoms with Crippen LogP contribution in [0.3, 0.4) is 0 Å². The molecule has 1 aliphatic heterocycles. The number of carbonyl (C=O) groups is 2. The Kier molecular flexibility index (Phi) is 6.55. The van der Waals surface area contributed by atoms with Crippen LogP contribution >= 0.6 is 0 Å². The summed E-state index contributed by atoms with van der Waals surface area (Å²) in [5, 5.41) is 0. The van der Waals surface area contributed by atoms with E-state index in [1.165, 1.54) is 13.4 Å². The van der Waals surface area contributed by atoms with Crippen molar-refractivity contribution < 1.29 is 19.1 Å². The Labute approximate surface area is 186 Å². The first-order valence-electron chi connectivity index (χ1n) is 10.3. The fraction of sp³-hybridized carbons (Fsp3) is 0.200. The highest BCUT2D eigenvalue weighted by molar-refractivity contribution is 5.89. The van der Waals surface area contributed by atoms with Gasteiger partial charge in [0.05, 0.1) is 18.7 Å². The second-order valence-electron chi connectivity index (χ2n) is 7.36. The van der Waals surface area contributed by atoms with Crippen molar-refractivity contribution in [1.82, 2.24) is 14.9 Å². The molecule has 0 saturated heterocycles. The van der Waals surface area contributed by atoms with Gasteiger partial charge >= 0.3 is 12.1 Å². The van der Waals surface area contributed by atoms with E-state index in [4.69, 9.17) is 9.47 Å². The Morgan fingerprint density at radius 3 is 2.44 bits per heavy atom. The Balaban J connectivity index is 1.60. The van der Waals surface area contributed by atoms with Crippen molar-refractivity contribution in [3.63, 3.8) is 0 Å². The molecular weight excluding hydrogens is 406 g/mol. The maximum absolute atomic E-state index is 13.0. The van der Waals surface area contributed by atoms with Crippen molar-refractivity contribution in [3.05, 3.63) is 102 Å². The molecule has 0 radical (unpaired) electrons. The van der Waals surface area contributed by atoms with Crippen LogP contribution in [0.5, 0.6) is 0 Å². The molecular formula is C25H23N3O4. The zero-order valence-corrected chi connectivity index (χ0v) is 17.7. The van der Waals surface area contributed by atoms with Crippen molar-refractivity contribution in [2.75, 3.05) is 13.7 Å². The van der Waals surface area contributed by atoms with Crippen LogP contribution in [0.15, 0.2) is 79.4 Å². The van der Waals surface area contributed by atoms with Gasteiger partial charge in [-0.1, -0.05) is 48.5 Å². The topological polar surface area (TPSA) is 81.6 Å². The number of carbonyl (C=O) groups excluding carboxylic acids is 2. The smallest absolute Gasteiger partial charge is 0.410 e. The highest BCUT2D eigenvalue weighted by Gasteiger charge is 2.29. The first kappa shape index (κ1) is 21.2. The molecule has 0 unspecified atom stereocenters. The molecule has 2 aromatic carbocycles. The molecule has 3 aromatic rings. The van der Waals surface area contributed by atoms with E-state index < -0.39 is 12.1 Å². The lowest BCUT2D eigenvalue weighted by molar-refractivity contribution is 0.0600. The number of benzene rings is 2. The first-order valence-corrected chi connectivity index (χ1v) is 10.3. The van der Waals surface area contributed by atoms with Gasteiger partial charge in [0.1, 0.15) is 12.9 Å². The summed E-state index contributed by atoms with van der Waals surface area (Å²) in [5.74, 6) is -0.406. The molecule has 32 heavy (non-hydrogen) atoms. The Hall–Kier alpha value is -4.00. The van der Waals surface area contributed by atoms with Gasteiger partial charge in [0.25, 0.3) is 0 Å². The molecule has 1 atom stereocenters. The van der Waals surface area contributed by atoms with Crippen LogP contribution in [0.2, 0.25) is 0 Å². The normalized spacial score (nSPS) is 15.6. The van der Waals surface area contributed by atoms with Crippen molar-refractivity contribution in [1.29, 1.82) is 0 Å². The third kappa shape index (κ3) is 4.83. The van der Waals surface area contributed by atoms with Gasteiger partial charge in [0, 0.05) is 24.5 Å². The maximum Gasteiger partial charge on any atom is 0.410 e. The molecule has 1 amide bonds. The van der Waals surface area contributed by atoms with Crippen LogP contribution < -0.4 is 0 Å². The molecule has 0 spiro atoms. The molecule has 0 aliphatic carbocycles. The minimum Gasteiger partial charge on any atom is -0.465 e. The number of hydrogen-bond donors (Lipinski definition) is 0. The van der Waals surface area contributed by atoms with Gasteiger partial charge in [-0.2, -0.15) is 0 Å². The molecule has 1 aliphatic rings. The number of esters is 1. The lowest BCUT2D eigenvalue weighted by Gasteiger charge is -2.34. The van der Waals surface area contributed by atoms with Gasteiger partial charge in [-0.15, -0.1) is 0 Å². The number of rotatable bonds is 5. The number of nitrogens with zero attached hydrogens (tertiary/aromatic N) is 3. The minimum absolute atomic E-state index is 0.202. The summed E-state index contributed by atoms with van der Waals surface area (Å²) in [6.45, 7) is 0.686. The number of methoxy groups -OCH3 is 1. The fourth-order valence-electron chi connectivity index (χ4n) is 3.67. The zero-order valence-electron chi connectivity index (χ0n) is 17.7. The van der Waals surface area contributed by atoms with E-state index in [0.29, 0.717) is 18.5 Å². The predicted molar refractivity (Wildman–Crippen MR) is 118 cm³/mol. The first-order chi connectivity index (χ1) is 15.7. The van der Waals surface area contributed by atoms with E-state index in [9.17, 15) is 9.59 Å². The summed E-state index contributed by atoms with van der Waals surface area (Å²) in [6, 6.07) is 16.3. The zero-order chi connectivity index (χ0) is 22.3. The van der Waals surface area contributed by atoms with Crippen LogP contribution in [0.1, 0.15) is 39.5 Å². The molecule has 7 nitrogen and oxygen atoms in total.